The number of anilines is 2. The number of rotatable bonds is 8. The zero-order chi connectivity index (χ0) is 15.3. The normalized spacial score (nSPS) is 11.8. The average Bonchev–Trinajstić information content (AvgIpc) is 2.93. The Balaban J connectivity index is 2.07. The highest BCUT2D eigenvalue weighted by Crippen LogP contribution is 2.26. The number of aromatic amines is 1. The zero-order valence-corrected chi connectivity index (χ0v) is 13.0. The SMILES string of the molecule is CCCCCC(C)(C)CNc1nc(NN)nc2[nH]ncc12. The topological polar surface area (TPSA) is 105 Å². The summed E-state index contributed by atoms with van der Waals surface area (Å²) in [4.78, 5) is 8.59. The highest BCUT2D eigenvalue weighted by Gasteiger charge is 2.18. The van der Waals surface area contributed by atoms with Crippen molar-refractivity contribution in [1.82, 2.24) is 20.2 Å². The van der Waals surface area contributed by atoms with Crippen LogP contribution in [-0.4, -0.2) is 26.7 Å². The molecule has 0 bridgehead atoms. The summed E-state index contributed by atoms with van der Waals surface area (Å²) in [5.74, 6) is 6.53. The summed E-state index contributed by atoms with van der Waals surface area (Å²) in [5, 5.41) is 11.1. The number of nitrogens with two attached hydrogens (primary N) is 1. The molecule has 2 rings (SSSR count). The number of hydrazine groups is 1. The van der Waals surface area contributed by atoms with Crippen LogP contribution in [-0.2, 0) is 0 Å². The molecule has 7 heteroatoms. The molecular weight excluding hydrogens is 266 g/mol. The molecule has 116 valence electrons. The Hall–Kier alpha value is -1.89. The molecule has 5 N–H and O–H groups in total. The van der Waals surface area contributed by atoms with Gasteiger partial charge in [0.25, 0.3) is 0 Å². The molecule has 7 nitrogen and oxygen atoms in total. The van der Waals surface area contributed by atoms with E-state index in [0.29, 0.717) is 11.6 Å². The van der Waals surface area contributed by atoms with Crippen LogP contribution < -0.4 is 16.6 Å². The quantitative estimate of drug-likeness (QED) is 0.338. The van der Waals surface area contributed by atoms with Crippen LogP contribution in [0, 0.1) is 5.41 Å². The maximum absolute atomic E-state index is 5.40. The van der Waals surface area contributed by atoms with Crippen molar-refractivity contribution in [3.8, 4) is 0 Å². The van der Waals surface area contributed by atoms with Gasteiger partial charge < -0.3 is 5.32 Å². The van der Waals surface area contributed by atoms with E-state index in [-0.39, 0.29) is 5.41 Å². The summed E-state index contributed by atoms with van der Waals surface area (Å²) >= 11 is 0. The van der Waals surface area contributed by atoms with Gasteiger partial charge in [-0.2, -0.15) is 15.1 Å². The van der Waals surface area contributed by atoms with Crippen LogP contribution >= 0.6 is 0 Å². The van der Waals surface area contributed by atoms with Crippen molar-refractivity contribution in [2.75, 3.05) is 17.3 Å². The van der Waals surface area contributed by atoms with E-state index in [1.807, 2.05) is 0 Å². The van der Waals surface area contributed by atoms with Gasteiger partial charge >= 0.3 is 0 Å². The summed E-state index contributed by atoms with van der Waals surface area (Å²) in [6.45, 7) is 7.61. The summed E-state index contributed by atoms with van der Waals surface area (Å²) in [6, 6.07) is 0. The Morgan fingerprint density at radius 3 is 2.81 bits per heavy atom. The number of H-pyrrole nitrogens is 1. The van der Waals surface area contributed by atoms with Crippen LogP contribution in [0.3, 0.4) is 0 Å². The van der Waals surface area contributed by atoms with Gasteiger partial charge in [-0.05, 0) is 11.8 Å². The van der Waals surface area contributed by atoms with E-state index in [9.17, 15) is 0 Å². The minimum Gasteiger partial charge on any atom is -0.369 e. The molecule has 0 radical (unpaired) electrons. The molecule has 21 heavy (non-hydrogen) atoms. The summed E-state index contributed by atoms with van der Waals surface area (Å²) in [7, 11) is 0. The molecule has 0 fully saturated rings. The molecular formula is C14H25N7. The summed E-state index contributed by atoms with van der Waals surface area (Å²) < 4.78 is 0. The number of nitrogens with one attached hydrogen (secondary N) is 3. The van der Waals surface area contributed by atoms with Crippen LogP contribution in [0.5, 0.6) is 0 Å². The smallest absolute Gasteiger partial charge is 0.241 e. The molecule has 0 aromatic carbocycles. The Morgan fingerprint density at radius 2 is 2.10 bits per heavy atom. The molecule has 2 aromatic heterocycles. The Kier molecular flexibility index (Phi) is 4.95. The van der Waals surface area contributed by atoms with Gasteiger partial charge in [-0.15, -0.1) is 0 Å². The van der Waals surface area contributed by atoms with Gasteiger partial charge in [0.1, 0.15) is 5.82 Å². The molecule has 0 unspecified atom stereocenters. The van der Waals surface area contributed by atoms with Crippen molar-refractivity contribution in [2.45, 2.75) is 46.5 Å². The van der Waals surface area contributed by atoms with Gasteiger partial charge in [0.15, 0.2) is 5.65 Å². The molecule has 0 saturated carbocycles. The third kappa shape index (κ3) is 4.04. The van der Waals surface area contributed by atoms with E-state index in [2.05, 4.69) is 51.7 Å². The zero-order valence-electron chi connectivity index (χ0n) is 13.0. The first-order chi connectivity index (χ1) is 10.1. The Bertz CT molecular complexity index is 576. The minimum atomic E-state index is 0.215. The van der Waals surface area contributed by atoms with Crippen LogP contribution in [0.25, 0.3) is 11.0 Å². The Labute approximate surface area is 125 Å². The van der Waals surface area contributed by atoms with Crippen LogP contribution in [0.2, 0.25) is 0 Å². The van der Waals surface area contributed by atoms with Crippen molar-refractivity contribution < 1.29 is 0 Å². The predicted octanol–water partition coefficient (Wildman–Crippen LogP) is 2.66. The predicted molar refractivity (Wildman–Crippen MR) is 85.9 cm³/mol. The number of hydrogen-bond acceptors (Lipinski definition) is 6. The van der Waals surface area contributed by atoms with E-state index in [1.54, 1.807) is 6.20 Å². The lowest BCUT2D eigenvalue weighted by Gasteiger charge is -2.25. The Morgan fingerprint density at radius 1 is 1.29 bits per heavy atom. The van der Waals surface area contributed by atoms with Crippen molar-refractivity contribution in [3.63, 3.8) is 0 Å². The number of fused-ring (bicyclic) bond motifs is 1. The van der Waals surface area contributed by atoms with Gasteiger partial charge in [-0.1, -0.05) is 40.0 Å². The number of unbranched alkanes of at least 4 members (excludes halogenated alkanes) is 2. The van der Waals surface area contributed by atoms with E-state index >= 15 is 0 Å². The molecule has 0 saturated heterocycles. The fraction of sp³-hybridized carbons (Fsp3) is 0.643. The van der Waals surface area contributed by atoms with Gasteiger partial charge in [-0.25, -0.2) is 5.84 Å². The standard InChI is InChI=1S/C14H25N7/c1-4-5-6-7-14(2,3)9-16-11-10-8-17-21-12(10)19-13(18-11)20-15/h8H,4-7,9,15H2,1-3H3,(H3,16,17,18,19,20,21). The second kappa shape index (κ2) is 6.71. The highest BCUT2D eigenvalue weighted by atomic mass is 15.3. The molecule has 2 aromatic rings. The van der Waals surface area contributed by atoms with Crippen LogP contribution in [0.15, 0.2) is 6.20 Å². The van der Waals surface area contributed by atoms with Gasteiger partial charge in [-0.3, -0.25) is 10.5 Å². The average molecular weight is 291 g/mol. The molecule has 2 heterocycles. The molecule has 0 aliphatic carbocycles. The minimum absolute atomic E-state index is 0.215. The third-order valence-corrected chi connectivity index (χ3v) is 3.63. The van der Waals surface area contributed by atoms with E-state index in [0.717, 1.165) is 17.7 Å². The lowest BCUT2D eigenvalue weighted by atomic mass is 9.87. The summed E-state index contributed by atoms with van der Waals surface area (Å²) in [5.41, 5.74) is 3.36. The second-order valence-electron chi connectivity index (χ2n) is 6.15. The number of hydrogen-bond donors (Lipinski definition) is 4. The van der Waals surface area contributed by atoms with Crippen molar-refractivity contribution in [2.24, 2.45) is 11.3 Å². The van der Waals surface area contributed by atoms with Crippen molar-refractivity contribution in [3.05, 3.63) is 6.20 Å². The number of nitrogen functional groups attached to an aromatic ring is 1. The first-order valence-corrected chi connectivity index (χ1v) is 7.47. The summed E-state index contributed by atoms with van der Waals surface area (Å²) in [6.07, 6.45) is 6.70. The number of nitrogens with zero attached hydrogens (tertiary/aromatic N) is 3. The fourth-order valence-corrected chi connectivity index (χ4v) is 2.30. The maximum Gasteiger partial charge on any atom is 0.241 e. The lowest BCUT2D eigenvalue weighted by Crippen LogP contribution is -2.24. The first kappa shape index (κ1) is 15.5. The third-order valence-electron chi connectivity index (χ3n) is 3.63. The number of aromatic nitrogens is 4. The van der Waals surface area contributed by atoms with Gasteiger partial charge in [0, 0.05) is 6.54 Å². The highest BCUT2D eigenvalue weighted by molar-refractivity contribution is 5.86. The van der Waals surface area contributed by atoms with E-state index < -0.39 is 0 Å². The molecule has 0 amide bonds. The maximum atomic E-state index is 5.40. The van der Waals surface area contributed by atoms with Crippen molar-refractivity contribution >= 4 is 22.8 Å². The molecule has 0 aliphatic heterocycles. The fourth-order valence-electron chi connectivity index (χ4n) is 2.30. The van der Waals surface area contributed by atoms with Crippen LogP contribution in [0.4, 0.5) is 11.8 Å². The second-order valence-corrected chi connectivity index (χ2v) is 6.15. The molecule has 0 atom stereocenters. The monoisotopic (exact) mass is 291 g/mol. The largest absolute Gasteiger partial charge is 0.369 e. The van der Waals surface area contributed by atoms with Crippen LogP contribution in [0.1, 0.15) is 46.5 Å². The molecule has 0 spiro atoms. The van der Waals surface area contributed by atoms with Gasteiger partial charge in [0.05, 0.1) is 11.6 Å². The first-order valence-electron chi connectivity index (χ1n) is 7.47. The van der Waals surface area contributed by atoms with E-state index in [4.69, 9.17) is 5.84 Å². The molecule has 0 aliphatic rings. The van der Waals surface area contributed by atoms with Crippen molar-refractivity contribution in [1.29, 1.82) is 0 Å². The lowest BCUT2D eigenvalue weighted by molar-refractivity contribution is 0.342. The van der Waals surface area contributed by atoms with E-state index in [1.165, 1.54) is 25.7 Å². The van der Waals surface area contributed by atoms with Gasteiger partial charge in [0.2, 0.25) is 5.95 Å².